The van der Waals surface area contributed by atoms with Crippen molar-refractivity contribution >= 4 is 55.2 Å². The van der Waals surface area contributed by atoms with Crippen LogP contribution >= 0.6 is 11.8 Å². The minimum absolute atomic E-state index is 0.464. The van der Waals surface area contributed by atoms with Gasteiger partial charge in [-0.05, 0) is 68.1 Å². The lowest BCUT2D eigenvalue weighted by Gasteiger charge is -2.40. The van der Waals surface area contributed by atoms with Crippen molar-refractivity contribution in [2.24, 2.45) is 0 Å². The van der Waals surface area contributed by atoms with Gasteiger partial charge in [0.25, 0.3) is 0 Å². The molecule has 0 bridgehead atoms. The first-order valence-electron chi connectivity index (χ1n) is 18.2. The summed E-state index contributed by atoms with van der Waals surface area (Å²) in [7, 11) is 0. The Morgan fingerprint density at radius 3 is 1.87 bits per heavy atom. The number of para-hydroxylation sites is 1. The lowest BCUT2D eigenvalue weighted by molar-refractivity contribution is 0.724. The van der Waals surface area contributed by atoms with E-state index in [4.69, 9.17) is 4.98 Å². The molecule has 3 heteroatoms. The summed E-state index contributed by atoms with van der Waals surface area (Å²) in [6.07, 6.45) is 0. The van der Waals surface area contributed by atoms with Gasteiger partial charge in [0, 0.05) is 31.3 Å². The van der Waals surface area contributed by atoms with E-state index in [0.717, 1.165) is 16.7 Å². The van der Waals surface area contributed by atoms with Crippen LogP contribution in [0.15, 0.2) is 192 Å². The van der Waals surface area contributed by atoms with Crippen molar-refractivity contribution < 1.29 is 0 Å². The summed E-state index contributed by atoms with van der Waals surface area (Å²) in [4.78, 5) is 8.09. The fourth-order valence-corrected chi connectivity index (χ4v) is 10.9. The molecule has 0 saturated carbocycles. The first-order valence-corrected chi connectivity index (χ1v) is 19.0. The highest BCUT2D eigenvalue weighted by atomic mass is 32.2. The maximum absolute atomic E-state index is 5.52. The van der Waals surface area contributed by atoms with E-state index in [1.807, 2.05) is 11.8 Å². The molecule has 12 rings (SSSR count). The fraction of sp³-hybridized carbons (Fsp3) is 0.0200. The smallest absolute Gasteiger partial charge is 0.138 e. The third-order valence-electron chi connectivity index (χ3n) is 11.6. The van der Waals surface area contributed by atoms with Crippen molar-refractivity contribution in [2.45, 2.75) is 15.2 Å². The molecule has 0 unspecified atom stereocenters. The van der Waals surface area contributed by atoms with Crippen molar-refractivity contribution in [3.05, 3.63) is 204 Å². The van der Waals surface area contributed by atoms with E-state index in [2.05, 4.69) is 187 Å². The van der Waals surface area contributed by atoms with Gasteiger partial charge in [0.2, 0.25) is 0 Å². The van der Waals surface area contributed by atoms with E-state index in [1.165, 1.54) is 86.9 Å². The molecule has 0 fully saturated rings. The molecule has 8 aromatic carbocycles. The normalized spacial score (nSPS) is 13.7. The molecule has 0 radical (unpaired) electrons. The van der Waals surface area contributed by atoms with Crippen LogP contribution in [0.2, 0.25) is 0 Å². The Morgan fingerprint density at radius 2 is 1.06 bits per heavy atom. The van der Waals surface area contributed by atoms with Crippen LogP contribution in [0.25, 0.3) is 71.6 Å². The lowest BCUT2D eigenvalue weighted by atomic mass is 9.67. The minimum atomic E-state index is -0.464. The van der Waals surface area contributed by atoms with E-state index in [-0.39, 0.29) is 0 Å². The molecule has 0 amide bonds. The largest absolute Gasteiger partial charge is 0.292 e. The molecule has 246 valence electrons. The summed E-state index contributed by atoms with van der Waals surface area (Å²) < 4.78 is 2.49. The van der Waals surface area contributed by atoms with Gasteiger partial charge >= 0.3 is 0 Å². The molecule has 2 nitrogen and oxygen atoms in total. The predicted molar refractivity (Wildman–Crippen MR) is 220 cm³/mol. The Balaban J connectivity index is 1.29. The van der Waals surface area contributed by atoms with Crippen molar-refractivity contribution in [2.75, 3.05) is 0 Å². The molecule has 1 aliphatic heterocycles. The Bertz CT molecular complexity index is 3110. The highest BCUT2D eigenvalue weighted by Gasteiger charge is 2.50. The zero-order chi connectivity index (χ0) is 34.7. The average molecular weight is 691 g/mol. The van der Waals surface area contributed by atoms with Crippen LogP contribution in [0.4, 0.5) is 0 Å². The molecular weight excluding hydrogens is 661 g/mol. The molecule has 1 aliphatic carbocycles. The first-order chi connectivity index (χ1) is 26.3. The number of benzene rings is 8. The van der Waals surface area contributed by atoms with Crippen LogP contribution in [0.1, 0.15) is 22.3 Å². The highest BCUT2D eigenvalue weighted by Crippen LogP contribution is 2.63. The Kier molecular flexibility index (Phi) is 5.95. The molecule has 53 heavy (non-hydrogen) atoms. The fourth-order valence-electron chi connectivity index (χ4n) is 9.53. The van der Waals surface area contributed by atoms with Crippen molar-refractivity contribution in [1.29, 1.82) is 0 Å². The molecular formula is C50H30N2S. The summed E-state index contributed by atoms with van der Waals surface area (Å²) in [6, 6.07) is 67.0. The topological polar surface area (TPSA) is 17.8 Å². The van der Waals surface area contributed by atoms with Gasteiger partial charge in [0.15, 0.2) is 0 Å². The molecule has 1 spiro atoms. The van der Waals surface area contributed by atoms with Gasteiger partial charge < -0.3 is 0 Å². The number of aromatic nitrogens is 2. The van der Waals surface area contributed by atoms with Gasteiger partial charge in [-0.25, -0.2) is 4.98 Å². The predicted octanol–water partition coefficient (Wildman–Crippen LogP) is 13.0. The Morgan fingerprint density at radius 1 is 0.434 bits per heavy atom. The lowest BCUT2D eigenvalue weighted by Crippen LogP contribution is -2.32. The van der Waals surface area contributed by atoms with Gasteiger partial charge in [-0.1, -0.05) is 176 Å². The second-order valence-electron chi connectivity index (χ2n) is 14.2. The zero-order valence-corrected chi connectivity index (χ0v) is 29.4. The highest BCUT2D eigenvalue weighted by molar-refractivity contribution is 7.99. The van der Waals surface area contributed by atoms with E-state index >= 15 is 0 Å². The van der Waals surface area contributed by atoms with Crippen molar-refractivity contribution in [3.63, 3.8) is 0 Å². The second kappa shape index (κ2) is 10.8. The minimum Gasteiger partial charge on any atom is -0.292 e. The zero-order valence-electron chi connectivity index (χ0n) is 28.6. The Hall–Kier alpha value is -6.42. The molecule has 2 aliphatic rings. The van der Waals surface area contributed by atoms with Crippen LogP contribution in [-0.4, -0.2) is 9.55 Å². The summed E-state index contributed by atoms with van der Waals surface area (Å²) in [5.41, 5.74) is 13.3. The molecule has 0 saturated heterocycles. The van der Waals surface area contributed by atoms with Crippen molar-refractivity contribution in [3.8, 4) is 28.1 Å². The summed E-state index contributed by atoms with van der Waals surface area (Å²) in [5, 5.41) is 6.06. The third kappa shape index (κ3) is 3.82. The summed E-state index contributed by atoms with van der Waals surface area (Å²) >= 11 is 1.91. The van der Waals surface area contributed by atoms with Gasteiger partial charge in [-0.3, -0.25) is 4.57 Å². The molecule has 0 atom stereocenters. The monoisotopic (exact) mass is 690 g/mol. The van der Waals surface area contributed by atoms with Gasteiger partial charge in [0.1, 0.15) is 5.82 Å². The van der Waals surface area contributed by atoms with Crippen LogP contribution in [0, 0.1) is 0 Å². The number of hydrogen-bond acceptors (Lipinski definition) is 2. The van der Waals surface area contributed by atoms with E-state index in [0.29, 0.717) is 0 Å². The van der Waals surface area contributed by atoms with Gasteiger partial charge in [0.05, 0.1) is 22.0 Å². The number of rotatable bonds is 2. The quantitative estimate of drug-likeness (QED) is 0.180. The maximum atomic E-state index is 5.52. The number of nitrogens with zero attached hydrogens (tertiary/aromatic N) is 2. The van der Waals surface area contributed by atoms with Gasteiger partial charge in [-0.15, -0.1) is 0 Å². The first kappa shape index (κ1) is 29.2. The van der Waals surface area contributed by atoms with Crippen molar-refractivity contribution in [1.82, 2.24) is 9.55 Å². The molecule has 10 aromatic rings. The number of hydrogen-bond donors (Lipinski definition) is 0. The van der Waals surface area contributed by atoms with E-state index in [9.17, 15) is 0 Å². The maximum Gasteiger partial charge on any atom is 0.138 e. The summed E-state index contributed by atoms with van der Waals surface area (Å²) in [5.74, 6) is 0.924. The SMILES string of the molecule is c1ccc(-c2cc(-n3c4c5c(ccc4c4ccc6ccccc6c43)C3(c4ccccc4S5)c4ccccc4-c4ccccc43)nc3ccccc23)cc1. The van der Waals surface area contributed by atoms with Crippen LogP contribution in [0.3, 0.4) is 0 Å². The number of fused-ring (bicyclic) bond motifs is 16. The molecule has 2 aromatic heterocycles. The van der Waals surface area contributed by atoms with E-state index < -0.39 is 5.41 Å². The number of pyridine rings is 1. The Labute approximate surface area is 311 Å². The van der Waals surface area contributed by atoms with Crippen LogP contribution < -0.4 is 0 Å². The second-order valence-corrected chi connectivity index (χ2v) is 15.3. The van der Waals surface area contributed by atoms with Crippen LogP contribution in [0.5, 0.6) is 0 Å². The molecule has 0 N–H and O–H groups in total. The van der Waals surface area contributed by atoms with Crippen LogP contribution in [-0.2, 0) is 5.41 Å². The average Bonchev–Trinajstić information content (AvgIpc) is 3.73. The molecule has 3 heterocycles. The van der Waals surface area contributed by atoms with E-state index in [1.54, 1.807) is 0 Å². The standard InChI is InChI=1S/C50H30N2S/c1-2-14-31(15-3-1)39-30-46(51-44-24-12-8-20-36(39)44)52-47-33-17-5-4-16-32(33)26-27-37(47)38-28-29-43-49(48(38)52)53-45-25-13-11-23-42(45)50(43)40-21-9-6-18-34(40)35-19-7-10-22-41(35)50/h1-30H. The van der Waals surface area contributed by atoms with Gasteiger partial charge in [-0.2, -0.15) is 0 Å². The third-order valence-corrected chi connectivity index (χ3v) is 12.8. The summed E-state index contributed by atoms with van der Waals surface area (Å²) in [6.45, 7) is 0.